The minimum Gasteiger partial charge on any atom is -0.381 e. The van der Waals surface area contributed by atoms with Crippen molar-refractivity contribution in [2.45, 2.75) is 20.3 Å². The maximum atomic E-state index is 11.8. The van der Waals surface area contributed by atoms with Crippen LogP contribution in [0.25, 0.3) is 0 Å². The lowest BCUT2D eigenvalue weighted by molar-refractivity contribution is 0.0925. The Morgan fingerprint density at radius 2 is 2.21 bits per heavy atom. The summed E-state index contributed by atoms with van der Waals surface area (Å²) >= 11 is 9.23. The second-order valence-electron chi connectivity index (χ2n) is 4.71. The Kier molecular flexibility index (Phi) is 7.42. The van der Waals surface area contributed by atoms with Crippen LogP contribution in [-0.2, 0) is 4.74 Å². The summed E-state index contributed by atoms with van der Waals surface area (Å²) in [5.74, 6) is 0.428. The van der Waals surface area contributed by atoms with Crippen molar-refractivity contribution >= 4 is 33.4 Å². The Morgan fingerprint density at radius 3 is 2.84 bits per heavy atom. The summed E-state index contributed by atoms with van der Waals surface area (Å²) in [7, 11) is 0. The van der Waals surface area contributed by atoms with E-state index in [-0.39, 0.29) is 5.91 Å². The van der Waals surface area contributed by atoms with Gasteiger partial charge in [-0.05, 0) is 46.5 Å². The number of amides is 1. The van der Waals surface area contributed by atoms with Crippen LogP contribution in [-0.4, -0.2) is 25.7 Å². The van der Waals surface area contributed by atoms with E-state index in [2.05, 4.69) is 35.1 Å². The van der Waals surface area contributed by atoms with Gasteiger partial charge in [-0.15, -0.1) is 0 Å². The summed E-state index contributed by atoms with van der Waals surface area (Å²) in [5.41, 5.74) is 0.566. The number of halogens is 2. The van der Waals surface area contributed by atoms with Gasteiger partial charge in [0.1, 0.15) is 0 Å². The van der Waals surface area contributed by atoms with E-state index in [9.17, 15) is 4.79 Å². The average molecular weight is 349 g/mol. The zero-order valence-corrected chi connectivity index (χ0v) is 13.6. The van der Waals surface area contributed by atoms with Crippen LogP contribution in [0.5, 0.6) is 0 Å². The van der Waals surface area contributed by atoms with Crippen molar-refractivity contribution in [3.63, 3.8) is 0 Å². The number of ether oxygens (including phenoxy) is 1. The molecule has 0 atom stereocenters. The fourth-order valence-corrected chi connectivity index (χ4v) is 1.86. The van der Waals surface area contributed by atoms with E-state index in [1.54, 1.807) is 18.2 Å². The van der Waals surface area contributed by atoms with Gasteiger partial charge in [-0.1, -0.05) is 25.4 Å². The molecule has 0 aliphatic rings. The first-order valence-corrected chi connectivity index (χ1v) is 7.48. The third kappa shape index (κ3) is 6.41. The Hall–Kier alpha value is -0.580. The first-order valence-electron chi connectivity index (χ1n) is 6.31. The first kappa shape index (κ1) is 16.5. The summed E-state index contributed by atoms with van der Waals surface area (Å²) in [6.07, 6.45) is 0.808. The summed E-state index contributed by atoms with van der Waals surface area (Å²) in [6, 6.07) is 5.15. The molecule has 0 saturated carbocycles. The molecule has 0 spiro atoms. The standard InChI is InChI=1S/C14H19BrClNO2/c1-10(2)9-19-7-3-6-17-14(18)11-4-5-12(15)13(16)8-11/h4-5,8,10H,3,6-7,9H2,1-2H3,(H,17,18). The molecular weight excluding hydrogens is 330 g/mol. The van der Waals surface area contributed by atoms with E-state index < -0.39 is 0 Å². The minimum absolute atomic E-state index is 0.113. The molecule has 1 rings (SSSR count). The topological polar surface area (TPSA) is 38.3 Å². The summed E-state index contributed by atoms with van der Waals surface area (Å²) < 4.78 is 6.22. The van der Waals surface area contributed by atoms with Gasteiger partial charge in [0.05, 0.1) is 5.02 Å². The van der Waals surface area contributed by atoms with Crippen molar-refractivity contribution in [2.24, 2.45) is 5.92 Å². The zero-order chi connectivity index (χ0) is 14.3. The summed E-state index contributed by atoms with van der Waals surface area (Å²) in [6.45, 7) is 6.25. The normalized spacial score (nSPS) is 10.8. The van der Waals surface area contributed by atoms with Crippen LogP contribution < -0.4 is 5.32 Å². The van der Waals surface area contributed by atoms with Gasteiger partial charge in [0.2, 0.25) is 0 Å². The van der Waals surface area contributed by atoms with Crippen molar-refractivity contribution in [3.05, 3.63) is 33.3 Å². The first-order chi connectivity index (χ1) is 9.00. The number of hydrogen-bond donors (Lipinski definition) is 1. The second kappa shape index (κ2) is 8.56. The second-order valence-corrected chi connectivity index (χ2v) is 5.97. The van der Waals surface area contributed by atoms with Crippen molar-refractivity contribution in [1.29, 1.82) is 0 Å². The average Bonchev–Trinajstić information content (AvgIpc) is 2.36. The molecule has 5 heteroatoms. The van der Waals surface area contributed by atoms with Gasteiger partial charge >= 0.3 is 0 Å². The van der Waals surface area contributed by atoms with E-state index >= 15 is 0 Å². The van der Waals surface area contributed by atoms with Crippen LogP contribution in [0.4, 0.5) is 0 Å². The highest BCUT2D eigenvalue weighted by Crippen LogP contribution is 2.23. The van der Waals surface area contributed by atoms with Gasteiger partial charge in [-0.25, -0.2) is 0 Å². The van der Waals surface area contributed by atoms with E-state index in [1.165, 1.54) is 0 Å². The van der Waals surface area contributed by atoms with Crippen molar-refractivity contribution in [2.75, 3.05) is 19.8 Å². The Balaban J connectivity index is 2.26. The van der Waals surface area contributed by atoms with Crippen LogP contribution in [0.2, 0.25) is 5.02 Å². The molecule has 1 aromatic rings. The van der Waals surface area contributed by atoms with Crippen LogP contribution in [0, 0.1) is 5.92 Å². The molecule has 19 heavy (non-hydrogen) atoms. The number of carbonyl (C=O) groups excluding carboxylic acids is 1. The number of carbonyl (C=O) groups is 1. The van der Waals surface area contributed by atoms with Crippen molar-refractivity contribution in [3.8, 4) is 0 Å². The van der Waals surface area contributed by atoms with Gasteiger partial charge in [-0.3, -0.25) is 4.79 Å². The molecule has 0 unspecified atom stereocenters. The van der Waals surface area contributed by atoms with Gasteiger partial charge in [0.25, 0.3) is 5.91 Å². The van der Waals surface area contributed by atoms with Gasteiger partial charge in [0.15, 0.2) is 0 Å². The van der Waals surface area contributed by atoms with Crippen molar-refractivity contribution in [1.82, 2.24) is 5.32 Å². The van der Waals surface area contributed by atoms with E-state index in [0.717, 1.165) is 17.5 Å². The molecule has 0 heterocycles. The molecule has 0 saturated heterocycles. The molecule has 106 valence electrons. The molecule has 3 nitrogen and oxygen atoms in total. The lowest BCUT2D eigenvalue weighted by Crippen LogP contribution is -2.25. The smallest absolute Gasteiger partial charge is 0.251 e. The van der Waals surface area contributed by atoms with Gasteiger partial charge < -0.3 is 10.1 Å². The molecule has 0 aliphatic heterocycles. The predicted octanol–water partition coefficient (Wildman–Crippen LogP) is 3.90. The van der Waals surface area contributed by atoms with Crippen LogP contribution in [0.3, 0.4) is 0 Å². The highest BCUT2D eigenvalue weighted by molar-refractivity contribution is 9.10. The maximum Gasteiger partial charge on any atom is 0.251 e. The molecule has 0 aromatic heterocycles. The SMILES string of the molecule is CC(C)COCCCNC(=O)c1ccc(Br)c(Cl)c1. The summed E-state index contributed by atoms with van der Waals surface area (Å²) in [4.78, 5) is 11.8. The quantitative estimate of drug-likeness (QED) is 0.759. The Bertz CT molecular complexity index is 424. The lowest BCUT2D eigenvalue weighted by Gasteiger charge is -2.08. The zero-order valence-electron chi connectivity index (χ0n) is 11.2. The third-order valence-electron chi connectivity index (χ3n) is 2.38. The Labute approximate surface area is 127 Å². The largest absolute Gasteiger partial charge is 0.381 e. The highest BCUT2D eigenvalue weighted by Gasteiger charge is 2.07. The molecule has 0 radical (unpaired) electrons. The van der Waals surface area contributed by atoms with Crippen LogP contribution in [0.1, 0.15) is 30.6 Å². The molecule has 1 N–H and O–H groups in total. The monoisotopic (exact) mass is 347 g/mol. The Morgan fingerprint density at radius 1 is 1.47 bits per heavy atom. The van der Waals surface area contributed by atoms with E-state index in [0.29, 0.717) is 29.7 Å². The predicted molar refractivity (Wildman–Crippen MR) is 81.8 cm³/mol. The molecule has 1 amide bonds. The van der Waals surface area contributed by atoms with E-state index in [4.69, 9.17) is 16.3 Å². The molecule has 0 aliphatic carbocycles. The van der Waals surface area contributed by atoms with Gasteiger partial charge in [0, 0.05) is 29.8 Å². The number of hydrogen-bond acceptors (Lipinski definition) is 2. The number of rotatable bonds is 7. The lowest BCUT2D eigenvalue weighted by atomic mass is 10.2. The minimum atomic E-state index is -0.113. The maximum absolute atomic E-state index is 11.8. The fraction of sp³-hybridized carbons (Fsp3) is 0.500. The number of benzene rings is 1. The fourth-order valence-electron chi connectivity index (χ4n) is 1.43. The molecule has 0 bridgehead atoms. The van der Waals surface area contributed by atoms with Gasteiger partial charge in [-0.2, -0.15) is 0 Å². The molecular formula is C14H19BrClNO2. The van der Waals surface area contributed by atoms with Crippen LogP contribution in [0.15, 0.2) is 22.7 Å². The van der Waals surface area contributed by atoms with Crippen LogP contribution >= 0.6 is 27.5 Å². The molecule has 1 aromatic carbocycles. The van der Waals surface area contributed by atoms with Crippen molar-refractivity contribution < 1.29 is 9.53 Å². The summed E-state index contributed by atoms with van der Waals surface area (Å²) in [5, 5.41) is 3.38. The van der Waals surface area contributed by atoms with E-state index in [1.807, 2.05) is 0 Å². The third-order valence-corrected chi connectivity index (χ3v) is 3.62. The molecule has 0 fully saturated rings. The number of nitrogens with one attached hydrogen (secondary N) is 1. The highest BCUT2D eigenvalue weighted by atomic mass is 79.9.